The van der Waals surface area contributed by atoms with Gasteiger partial charge >= 0.3 is 11.6 Å². The fourth-order valence-corrected chi connectivity index (χ4v) is 2.12. The molecule has 0 atom stereocenters. The van der Waals surface area contributed by atoms with Gasteiger partial charge in [-0.15, -0.1) is 0 Å². The summed E-state index contributed by atoms with van der Waals surface area (Å²) in [5.41, 5.74) is 0.292. The topological polar surface area (TPSA) is 85.6 Å². The molecule has 2 aromatic carbocycles. The van der Waals surface area contributed by atoms with Gasteiger partial charge in [-0.2, -0.15) is 0 Å². The number of amides is 1. The van der Waals surface area contributed by atoms with E-state index in [0.717, 1.165) is 0 Å². The third-order valence-electron chi connectivity index (χ3n) is 3.26. The minimum atomic E-state index is -0.628. The van der Waals surface area contributed by atoms with Crippen molar-refractivity contribution in [1.29, 1.82) is 0 Å². The Labute approximate surface area is 136 Å². The minimum Gasteiger partial charge on any atom is -0.425 e. The van der Waals surface area contributed by atoms with Crippen LogP contribution in [-0.4, -0.2) is 18.4 Å². The van der Waals surface area contributed by atoms with Crippen LogP contribution in [0.1, 0.15) is 10.4 Å². The molecule has 1 aromatic heterocycles. The maximum Gasteiger partial charge on any atom is 0.336 e. The predicted octanol–water partition coefficient (Wildman–Crippen LogP) is 2.13. The van der Waals surface area contributed by atoms with Crippen LogP contribution < -0.4 is 15.7 Å². The first-order chi connectivity index (χ1) is 11.6. The van der Waals surface area contributed by atoms with Gasteiger partial charge in [-0.25, -0.2) is 9.59 Å². The smallest absolute Gasteiger partial charge is 0.336 e. The first-order valence-electron chi connectivity index (χ1n) is 7.20. The maximum atomic E-state index is 11.8. The molecule has 120 valence electrons. The Morgan fingerprint density at radius 2 is 1.75 bits per heavy atom. The predicted molar refractivity (Wildman–Crippen MR) is 86.9 cm³/mol. The van der Waals surface area contributed by atoms with Gasteiger partial charge in [0.2, 0.25) is 0 Å². The number of fused-ring (bicyclic) bond motifs is 1. The number of nitrogens with one attached hydrogen (secondary N) is 1. The van der Waals surface area contributed by atoms with E-state index in [0.29, 0.717) is 16.5 Å². The molecule has 0 radical (unpaired) electrons. The molecule has 0 saturated carbocycles. The summed E-state index contributed by atoms with van der Waals surface area (Å²) < 4.78 is 10.2. The maximum absolute atomic E-state index is 11.8. The molecule has 1 heterocycles. The summed E-state index contributed by atoms with van der Waals surface area (Å²) in [5.74, 6) is -0.759. The van der Waals surface area contributed by atoms with Crippen molar-refractivity contribution in [3.05, 3.63) is 76.6 Å². The van der Waals surface area contributed by atoms with E-state index in [1.165, 1.54) is 12.1 Å². The van der Waals surface area contributed by atoms with E-state index in [-0.39, 0.29) is 18.2 Å². The molecule has 0 saturated heterocycles. The van der Waals surface area contributed by atoms with Crippen LogP contribution in [-0.2, 0) is 4.79 Å². The van der Waals surface area contributed by atoms with Crippen molar-refractivity contribution in [2.24, 2.45) is 0 Å². The number of hydrogen-bond acceptors (Lipinski definition) is 5. The highest BCUT2D eigenvalue weighted by Gasteiger charge is 2.10. The molecule has 0 aliphatic carbocycles. The lowest BCUT2D eigenvalue weighted by Crippen LogP contribution is -2.31. The van der Waals surface area contributed by atoms with Crippen LogP contribution in [0.25, 0.3) is 11.0 Å². The molecule has 1 amide bonds. The molecule has 1 N–H and O–H groups in total. The molecule has 0 fully saturated rings. The van der Waals surface area contributed by atoms with Gasteiger partial charge in [0, 0.05) is 23.1 Å². The number of rotatable bonds is 4. The molecular weight excluding hydrogens is 310 g/mol. The van der Waals surface area contributed by atoms with Crippen molar-refractivity contribution in [3.8, 4) is 5.75 Å². The van der Waals surface area contributed by atoms with Crippen molar-refractivity contribution in [3.63, 3.8) is 0 Å². The largest absolute Gasteiger partial charge is 0.425 e. The number of benzene rings is 2. The minimum absolute atomic E-state index is 0.232. The zero-order valence-electron chi connectivity index (χ0n) is 12.5. The summed E-state index contributed by atoms with van der Waals surface area (Å²) in [6.45, 7) is -0.273. The summed E-state index contributed by atoms with van der Waals surface area (Å²) in [7, 11) is 0. The second-order valence-electron chi connectivity index (χ2n) is 4.98. The van der Waals surface area contributed by atoms with E-state index in [1.54, 1.807) is 48.5 Å². The fourth-order valence-electron chi connectivity index (χ4n) is 2.12. The molecule has 0 aliphatic rings. The van der Waals surface area contributed by atoms with E-state index >= 15 is 0 Å². The van der Waals surface area contributed by atoms with Gasteiger partial charge in [0.1, 0.15) is 17.9 Å². The van der Waals surface area contributed by atoms with E-state index in [9.17, 15) is 14.4 Å². The number of carbonyl (C=O) groups excluding carboxylic acids is 2. The van der Waals surface area contributed by atoms with Crippen molar-refractivity contribution < 1.29 is 18.7 Å². The Balaban J connectivity index is 1.62. The van der Waals surface area contributed by atoms with Crippen LogP contribution in [0.4, 0.5) is 0 Å². The SMILES string of the molecule is O=C(CNC(=O)c1ccccc1)Oc1ccc2ccc(=O)oc2c1. The number of carbonyl (C=O) groups is 2. The van der Waals surface area contributed by atoms with E-state index in [1.807, 2.05) is 0 Å². The average Bonchev–Trinajstić information content (AvgIpc) is 2.60. The first kappa shape index (κ1) is 15.5. The second kappa shape index (κ2) is 6.78. The number of esters is 1. The molecule has 3 aromatic rings. The van der Waals surface area contributed by atoms with E-state index in [2.05, 4.69) is 5.32 Å². The lowest BCUT2D eigenvalue weighted by atomic mass is 10.2. The third kappa shape index (κ3) is 3.67. The normalized spacial score (nSPS) is 10.3. The zero-order chi connectivity index (χ0) is 16.9. The summed E-state index contributed by atoms with van der Waals surface area (Å²) in [5, 5.41) is 3.19. The van der Waals surface area contributed by atoms with Crippen LogP contribution in [0.2, 0.25) is 0 Å². The van der Waals surface area contributed by atoms with Crippen molar-refractivity contribution >= 4 is 22.8 Å². The van der Waals surface area contributed by atoms with Gasteiger partial charge in [0.05, 0.1) is 0 Å². The Morgan fingerprint density at radius 1 is 1.00 bits per heavy atom. The van der Waals surface area contributed by atoms with Gasteiger partial charge in [0.25, 0.3) is 5.91 Å². The zero-order valence-corrected chi connectivity index (χ0v) is 12.5. The summed E-state index contributed by atoms with van der Waals surface area (Å²) >= 11 is 0. The average molecular weight is 323 g/mol. The number of ether oxygens (including phenoxy) is 1. The van der Waals surface area contributed by atoms with Gasteiger partial charge in [-0.05, 0) is 30.3 Å². The van der Waals surface area contributed by atoms with Crippen molar-refractivity contribution in [2.75, 3.05) is 6.54 Å². The Bertz CT molecular complexity index is 946. The van der Waals surface area contributed by atoms with Crippen LogP contribution in [0, 0.1) is 0 Å². The van der Waals surface area contributed by atoms with Crippen LogP contribution in [0.15, 0.2) is 69.9 Å². The third-order valence-corrected chi connectivity index (χ3v) is 3.26. The summed E-state index contributed by atoms with van der Waals surface area (Å²) in [6.07, 6.45) is 0. The quantitative estimate of drug-likeness (QED) is 0.451. The number of hydrogen-bond donors (Lipinski definition) is 1. The van der Waals surface area contributed by atoms with Crippen LogP contribution >= 0.6 is 0 Å². The first-order valence-corrected chi connectivity index (χ1v) is 7.20. The molecule has 6 heteroatoms. The standard InChI is InChI=1S/C18H13NO5/c20-16-9-7-12-6-8-14(10-15(12)24-16)23-17(21)11-19-18(22)13-4-2-1-3-5-13/h1-10H,11H2,(H,19,22). The summed E-state index contributed by atoms with van der Waals surface area (Å²) in [6, 6.07) is 16.2. The lowest BCUT2D eigenvalue weighted by molar-refractivity contribution is -0.133. The Morgan fingerprint density at radius 3 is 2.54 bits per heavy atom. The molecule has 0 aliphatic heterocycles. The molecule has 0 bridgehead atoms. The van der Waals surface area contributed by atoms with Crippen LogP contribution in [0.5, 0.6) is 5.75 Å². The monoisotopic (exact) mass is 323 g/mol. The fraction of sp³-hybridized carbons (Fsp3) is 0.0556. The lowest BCUT2D eigenvalue weighted by Gasteiger charge is -2.06. The molecule has 0 unspecified atom stereocenters. The van der Waals surface area contributed by atoms with Gasteiger partial charge < -0.3 is 14.5 Å². The molecule has 6 nitrogen and oxygen atoms in total. The van der Waals surface area contributed by atoms with E-state index < -0.39 is 11.6 Å². The van der Waals surface area contributed by atoms with Crippen molar-refractivity contribution in [2.45, 2.75) is 0 Å². The highest BCUT2D eigenvalue weighted by atomic mass is 16.5. The van der Waals surface area contributed by atoms with Gasteiger partial charge in [0.15, 0.2) is 0 Å². The summed E-state index contributed by atoms with van der Waals surface area (Å²) in [4.78, 5) is 34.9. The van der Waals surface area contributed by atoms with E-state index in [4.69, 9.17) is 9.15 Å². The Hall–Kier alpha value is -3.41. The van der Waals surface area contributed by atoms with Gasteiger partial charge in [-0.3, -0.25) is 4.79 Å². The second-order valence-corrected chi connectivity index (χ2v) is 4.98. The molecule has 24 heavy (non-hydrogen) atoms. The highest BCUT2D eigenvalue weighted by Crippen LogP contribution is 2.19. The highest BCUT2D eigenvalue weighted by molar-refractivity contribution is 5.96. The molecule has 3 rings (SSSR count). The van der Waals surface area contributed by atoms with Crippen LogP contribution in [0.3, 0.4) is 0 Å². The van der Waals surface area contributed by atoms with Crippen molar-refractivity contribution in [1.82, 2.24) is 5.32 Å². The Kier molecular flexibility index (Phi) is 4.38. The van der Waals surface area contributed by atoms with Gasteiger partial charge in [-0.1, -0.05) is 18.2 Å². The molecular formula is C18H13NO5. The molecule has 0 spiro atoms.